The maximum atomic E-state index is 10.6. The van der Waals surface area contributed by atoms with Gasteiger partial charge in [0.25, 0.3) is 0 Å². The summed E-state index contributed by atoms with van der Waals surface area (Å²) in [6.45, 7) is 14.4. The summed E-state index contributed by atoms with van der Waals surface area (Å²) in [5.41, 5.74) is 4.06. The van der Waals surface area contributed by atoms with Crippen LogP contribution in [-0.2, 0) is 6.54 Å². The lowest BCUT2D eigenvalue weighted by Gasteiger charge is -2.27. The van der Waals surface area contributed by atoms with Crippen molar-refractivity contribution in [1.82, 2.24) is 14.7 Å². The van der Waals surface area contributed by atoms with Crippen molar-refractivity contribution in [1.29, 1.82) is 0 Å². The molecule has 1 heterocycles. The summed E-state index contributed by atoms with van der Waals surface area (Å²) in [6.07, 6.45) is 2.99. The normalized spacial score (nSPS) is 12.3. The number of rotatable bonds is 12. The average molecular weight is 448 g/mol. The summed E-state index contributed by atoms with van der Waals surface area (Å²) >= 11 is 0. The summed E-state index contributed by atoms with van der Waals surface area (Å²) in [7, 11) is 0. The number of benzene rings is 2. The molecule has 0 bridgehead atoms. The number of aryl methyl sites for hydroxylation is 2. The second kappa shape index (κ2) is 11.8. The molecule has 3 aromatic rings. The van der Waals surface area contributed by atoms with Crippen LogP contribution in [0.1, 0.15) is 43.5 Å². The van der Waals surface area contributed by atoms with Crippen molar-refractivity contribution in [2.45, 2.75) is 53.2 Å². The van der Waals surface area contributed by atoms with Crippen molar-refractivity contribution in [2.24, 2.45) is 5.92 Å². The lowest BCUT2D eigenvalue weighted by atomic mass is 10.1. The van der Waals surface area contributed by atoms with Crippen molar-refractivity contribution in [3.05, 3.63) is 84.1 Å². The molecule has 0 fully saturated rings. The van der Waals surface area contributed by atoms with E-state index in [1.807, 2.05) is 66.2 Å². The van der Waals surface area contributed by atoms with Crippen LogP contribution < -0.4 is 4.74 Å². The van der Waals surface area contributed by atoms with Crippen LogP contribution in [0.15, 0.2) is 67.3 Å². The van der Waals surface area contributed by atoms with Gasteiger partial charge in [0.05, 0.1) is 23.0 Å². The van der Waals surface area contributed by atoms with E-state index in [-0.39, 0.29) is 0 Å². The Bertz CT molecular complexity index is 1030. The van der Waals surface area contributed by atoms with Gasteiger partial charge in [-0.1, -0.05) is 50.3 Å². The maximum Gasteiger partial charge on any atom is 0.227 e. The van der Waals surface area contributed by atoms with Gasteiger partial charge in [0.1, 0.15) is 5.75 Å². The molecule has 0 aliphatic heterocycles. The first-order chi connectivity index (χ1) is 15.9. The van der Waals surface area contributed by atoms with Gasteiger partial charge in [-0.25, -0.2) is 4.68 Å². The third kappa shape index (κ3) is 7.04. The number of hydrogen-bond acceptors (Lipinski definition) is 4. The number of nitrogens with zero attached hydrogens (tertiary/aromatic N) is 3. The molecular formula is C28H37N3O2. The van der Waals surface area contributed by atoms with Crippen LogP contribution >= 0.6 is 0 Å². The highest BCUT2D eigenvalue weighted by atomic mass is 16.5. The molecule has 0 spiro atoms. The SMILES string of the molecule is C=CCC[C@@H](O)CN(Cc1c(C)nn(-c2ccccc2)c1Oc1cccc(C)c1)CC(C)C. The Morgan fingerprint density at radius 2 is 1.85 bits per heavy atom. The molecule has 0 aliphatic carbocycles. The van der Waals surface area contributed by atoms with Gasteiger partial charge in [-0.3, -0.25) is 4.90 Å². The van der Waals surface area contributed by atoms with Crippen molar-refractivity contribution >= 4 is 0 Å². The van der Waals surface area contributed by atoms with E-state index in [2.05, 4.69) is 38.3 Å². The average Bonchev–Trinajstić information content (AvgIpc) is 3.07. The van der Waals surface area contributed by atoms with Gasteiger partial charge in [-0.05, 0) is 62.4 Å². The molecule has 1 N–H and O–H groups in total. The Morgan fingerprint density at radius 3 is 2.52 bits per heavy atom. The number of hydrogen-bond donors (Lipinski definition) is 1. The standard InChI is InChI=1S/C28H37N3O2/c1-6-7-15-25(32)19-30(18-21(2)3)20-27-23(5)29-31(24-13-9-8-10-14-24)28(27)33-26-16-11-12-22(4)17-26/h6,8-14,16-17,21,25,32H,1,7,15,18-20H2,2-5H3/t25-/m1/s1. The molecule has 1 aromatic heterocycles. The molecule has 176 valence electrons. The van der Waals surface area contributed by atoms with Crippen LogP contribution in [0.25, 0.3) is 5.69 Å². The molecule has 0 unspecified atom stereocenters. The highest BCUT2D eigenvalue weighted by molar-refractivity contribution is 5.43. The summed E-state index contributed by atoms with van der Waals surface area (Å²) in [6, 6.07) is 18.1. The minimum Gasteiger partial charge on any atom is -0.439 e. The highest BCUT2D eigenvalue weighted by Gasteiger charge is 2.23. The molecule has 2 aromatic carbocycles. The van der Waals surface area contributed by atoms with Gasteiger partial charge in [0, 0.05) is 19.6 Å². The first kappa shape index (κ1) is 24.7. The summed E-state index contributed by atoms with van der Waals surface area (Å²) in [5, 5.41) is 15.4. The summed E-state index contributed by atoms with van der Waals surface area (Å²) in [5.74, 6) is 1.98. The number of ether oxygens (including phenoxy) is 1. The van der Waals surface area contributed by atoms with Crippen LogP contribution in [0, 0.1) is 19.8 Å². The van der Waals surface area contributed by atoms with Crippen LogP contribution in [-0.4, -0.2) is 39.0 Å². The number of aliphatic hydroxyl groups is 1. The predicted molar refractivity (Wildman–Crippen MR) is 135 cm³/mol. The minimum atomic E-state index is -0.396. The van der Waals surface area contributed by atoms with Crippen molar-refractivity contribution in [3.8, 4) is 17.3 Å². The smallest absolute Gasteiger partial charge is 0.227 e. The van der Waals surface area contributed by atoms with E-state index in [0.29, 0.717) is 25.4 Å². The molecule has 0 saturated carbocycles. The van der Waals surface area contributed by atoms with E-state index < -0.39 is 6.10 Å². The number of aliphatic hydroxyl groups excluding tert-OH is 1. The van der Waals surface area contributed by atoms with Crippen molar-refractivity contribution in [3.63, 3.8) is 0 Å². The summed E-state index contributed by atoms with van der Waals surface area (Å²) in [4.78, 5) is 2.31. The van der Waals surface area contributed by atoms with E-state index in [1.165, 1.54) is 0 Å². The first-order valence-corrected chi connectivity index (χ1v) is 11.8. The van der Waals surface area contributed by atoms with Gasteiger partial charge < -0.3 is 9.84 Å². The van der Waals surface area contributed by atoms with Gasteiger partial charge in [0.2, 0.25) is 5.88 Å². The molecule has 5 nitrogen and oxygen atoms in total. The van der Waals surface area contributed by atoms with E-state index in [1.54, 1.807) is 0 Å². The van der Waals surface area contributed by atoms with Gasteiger partial charge in [0.15, 0.2) is 0 Å². The van der Waals surface area contributed by atoms with E-state index in [4.69, 9.17) is 9.84 Å². The molecule has 1 atom stereocenters. The van der Waals surface area contributed by atoms with Crippen molar-refractivity contribution < 1.29 is 9.84 Å². The largest absolute Gasteiger partial charge is 0.439 e. The second-order valence-corrected chi connectivity index (χ2v) is 9.14. The van der Waals surface area contributed by atoms with Crippen molar-refractivity contribution in [2.75, 3.05) is 13.1 Å². The Morgan fingerprint density at radius 1 is 1.09 bits per heavy atom. The fourth-order valence-electron chi connectivity index (χ4n) is 4.00. The monoisotopic (exact) mass is 447 g/mol. The lowest BCUT2D eigenvalue weighted by Crippen LogP contribution is -2.35. The Labute approximate surface area is 198 Å². The quantitative estimate of drug-likeness (QED) is 0.343. The predicted octanol–water partition coefficient (Wildman–Crippen LogP) is 6.07. The molecule has 0 aliphatic rings. The number of aromatic nitrogens is 2. The molecule has 3 rings (SSSR count). The highest BCUT2D eigenvalue weighted by Crippen LogP contribution is 2.32. The van der Waals surface area contributed by atoms with Gasteiger partial charge in [-0.2, -0.15) is 5.10 Å². The van der Waals surface area contributed by atoms with Crippen LogP contribution in [0.5, 0.6) is 11.6 Å². The molecule has 33 heavy (non-hydrogen) atoms. The molecule has 0 amide bonds. The second-order valence-electron chi connectivity index (χ2n) is 9.14. The fourth-order valence-corrected chi connectivity index (χ4v) is 4.00. The maximum absolute atomic E-state index is 10.6. The molecule has 0 saturated heterocycles. The minimum absolute atomic E-state index is 0.396. The zero-order chi connectivity index (χ0) is 23.8. The lowest BCUT2D eigenvalue weighted by molar-refractivity contribution is 0.0952. The summed E-state index contributed by atoms with van der Waals surface area (Å²) < 4.78 is 8.35. The fraction of sp³-hybridized carbons (Fsp3) is 0.393. The van der Waals surface area contributed by atoms with E-state index in [0.717, 1.165) is 47.1 Å². The molecular weight excluding hydrogens is 410 g/mol. The number of allylic oxidation sites excluding steroid dienone is 1. The third-order valence-electron chi connectivity index (χ3n) is 5.52. The molecule has 0 radical (unpaired) electrons. The molecule has 5 heteroatoms. The Kier molecular flexibility index (Phi) is 8.87. The third-order valence-corrected chi connectivity index (χ3v) is 5.52. The Balaban J connectivity index is 1.97. The van der Waals surface area contributed by atoms with Gasteiger partial charge >= 0.3 is 0 Å². The van der Waals surface area contributed by atoms with Gasteiger partial charge in [-0.15, -0.1) is 6.58 Å². The zero-order valence-corrected chi connectivity index (χ0v) is 20.4. The van der Waals surface area contributed by atoms with E-state index in [9.17, 15) is 5.11 Å². The first-order valence-electron chi connectivity index (χ1n) is 11.8. The Hall–Kier alpha value is -2.89. The van der Waals surface area contributed by atoms with Crippen LogP contribution in [0.2, 0.25) is 0 Å². The zero-order valence-electron chi connectivity index (χ0n) is 20.4. The topological polar surface area (TPSA) is 50.5 Å². The van der Waals surface area contributed by atoms with Crippen LogP contribution in [0.3, 0.4) is 0 Å². The van der Waals surface area contributed by atoms with Crippen LogP contribution in [0.4, 0.5) is 0 Å². The van der Waals surface area contributed by atoms with E-state index >= 15 is 0 Å². The number of para-hydroxylation sites is 1.